The molecule has 0 spiro atoms. The van der Waals surface area contributed by atoms with Crippen LogP contribution in [-0.2, 0) is 6.42 Å². The van der Waals surface area contributed by atoms with Gasteiger partial charge in [0.2, 0.25) is 0 Å². The van der Waals surface area contributed by atoms with E-state index in [0.29, 0.717) is 5.41 Å². The van der Waals surface area contributed by atoms with Gasteiger partial charge in [-0.15, -0.1) is 11.3 Å². The zero-order chi connectivity index (χ0) is 11.6. The molecular weight excluding hydrogens is 216 g/mol. The molecule has 2 N–H and O–H groups in total. The number of hydrogen-bond donors (Lipinski definition) is 1. The highest BCUT2D eigenvalue weighted by molar-refractivity contribution is 7.09. The van der Waals surface area contributed by atoms with Crippen LogP contribution < -0.4 is 5.73 Å². The summed E-state index contributed by atoms with van der Waals surface area (Å²) in [6.07, 6.45) is 9.12. The van der Waals surface area contributed by atoms with Crippen molar-refractivity contribution in [3.05, 3.63) is 16.6 Å². The molecule has 2 nitrogen and oxygen atoms in total. The van der Waals surface area contributed by atoms with Gasteiger partial charge in [-0.1, -0.05) is 20.3 Å². The number of rotatable bonds is 2. The maximum Gasteiger partial charge on any atom is 0.0794 e. The van der Waals surface area contributed by atoms with E-state index in [9.17, 15) is 0 Å². The smallest absolute Gasteiger partial charge is 0.0794 e. The van der Waals surface area contributed by atoms with Gasteiger partial charge >= 0.3 is 0 Å². The van der Waals surface area contributed by atoms with Crippen molar-refractivity contribution in [2.24, 2.45) is 11.1 Å². The molecule has 1 fully saturated rings. The third-order valence-corrected chi connectivity index (χ3v) is 4.62. The quantitative estimate of drug-likeness (QED) is 0.802. The van der Waals surface area contributed by atoms with E-state index in [1.165, 1.54) is 24.1 Å². The highest BCUT2D eigenvalue weighted by Crippen LogP contribution is 2.38. The van der Waals surface area contributed by atoms with Crippen LogP contribution in [-0.4, -0.2) is 10.5 Å². The molecule has 1 atom stereocenters. The number of thiazole rings is 1. The van der Waals surface area contributed by atoms with E-state index < -0.39 is 0 Å². The first-order valence-corrected chi connectivity index (χ1v) is 7.03. The summed E-state index contributed by atoms with van der Waals surface area (Å²) in [5.74, 6) is 0. The first kappa shape index (κ1) is 12.1. The van der Waals surface area contributed by atoms with Crippen LogP contribution in [0.25, 0.3) is 0 Å². The predicted molar refractivity (Wildman–Crippen MR) is 69.6 cm³/mol. The van der Waals surface area contributed by atoms with E-state index in [4.69, 9.17) is 5.73 Å². The summed E-state index contributed by atoms with van der Waals surface area (Å²) < 4.78 is 0. The Morgan fingerprint density at radius 1 is 1.31 bits per heavy atom. The summed E-state index contributed by atoms with van der Waals surface area (Å²) in [7, 11) is 0. The van der Waals surface area contributed by atoms with Crippen LogP contribution in [0.5, 0.6) is 0 Å². The Bertz CT molecular complexity index is 332. The molecule has 0 aliphatic heterocycles. The van der Waals surface area contributed by atoms with Crippen molar-refractivity contribution in [1.29, 1.82) is 0 Å². The molecule has 1 aliphatic rings. The fourth-order valence-electron chi connectivity index (χ4n) is 2.61. The van der Waals surface area contributed by atoms with Gasteiger partial charge in [0, 0.05) is 23.0 Å². The SMILES string of the molecule is CC1(C)CCCC(N)(Cc2cncs2)CC1. The molecule has 16 heavy (non-hydrogen) atoms. The highest BCUT2D eigenvalue weighted by atomic mass is 32.1. The molecule has 90 valence electrons. The van der Waals surface area contributed by atoms with Gasteiger partial charge in [-0.25, -0.2) is 0 Å². The minimum absolute atomic E-state index is 0.0142. The lowest BCUT2D eigenvalue weighted by Gasteiger charge is -2.28. The molecule has 1 heterocycles. The van der Waals surface area contributed by atoms with Crippen molar-refractivity contribution >= 4 is 11.3 Å². The zero-order valence-corrected chi connectivity index (χ0v) is 11.1. The fourth-order valence-corrected chi connectivity index (χ4v) is 3.36. The molecule has 1 unspecified atom stereocenters. The van der Waals surface area contributed by atoms with Crippen LogP contribution in [0.4, 0.5) is 0 Å². The Morgan fingerprint density at radius 2 is 2.12 bits per heavy atom. The molecule has 1 aromatic heterocycles. The number of aromatic nitrogens is 1. The van der Waals surface area contributed by atoms with E-state index in [2.05, 4.69) is 18.8 Å². The minimum Gasteiger partial charge on any atom is -0.325 e. The van der Waals surface area contributed by atoms with Gasteiger partial charge in [0.1, 0.15) is 0 Å². The molecule has 3 heteroatoms. The summed E-state index contributed by atoms with van der Waals surface area (Å²) in [5.41, 5.74) is 8.95. The lowest BCUT2D eigenvalue weighted by atomic mass is 9.83. The Kier molecular flexibility index (Phi) is 3.36. The molecule has 0 amide bonds. The lowest BCUT2D eigenvalue weighted by molar-refractivity contribution is 0.297. The van der Waals surface area contributed by atoms with Crippen LogP contribution in [0.3, 0.4) is 0 Å². The molecule has 0 radical (unpaired) electrons. The lowest BCUT2D eigenvalue weighted by Crippen LogP contribution is -2.41. The third-order valence-electron chi connectivity index (χ3n) is 3.84. The van der Waals surface area contributed by atoms with Crippen LogP contribution in [0.2, 0.25) is 0 Å². The topological polar surface area (TPSA) is 38.9 Å². The molecule has 1 saturated carbocycles. The minimum atomic E-state index is 0.0142. The number of hydrogen-bond acceptors (Lipinski definition) is 3. The van der Waals surface area contributed by atoms with Crippen LogP contribution in [0.15, 0.2) is 11.7 Å². The van der Waals surface area contributed by atoms with Gasteiger partial charge in [-0.3, -0.25) is 4.98 Å². The standard InChI is InChI=1S/C13H22N2S/c1-12(2)4-3-5-13(14,7-6-12)8-11-9-15-10-16-11/h9-10H,3-8,14H2,1-2H3. The summed E-state index contributed by atoms with van der Waals surface area (Å²) in [5, 5.41) is 0. The third kappa shape index (κ3) is 3.05. The normalized spacial score (nSPS) is 29.9. The van der Waals surface area contributed by atoms with Gasteiger partial charge in [0.25, 0.3) is 0 Å². The Labute approximate surface area is 102 Å². The molecule has 1 aliphatic carbocycles. The number of nitrogens with zero attached hydrogens (tertiary/aromatic N) is 1. The summed E-state index contributed by atoms with van der Waals surface area (Å²) >= 11 is 1.73. The van der Waals surface area contributed by atoms with Crippen LogP contribution in [0.1, 0.15) is 50.8 Å². The van der Waals surface area contributed by atoms with Gasteiger partial charge in [-0.2, -0.15) is 0 Å². The molecule has 2 rings (SSSR count). The second kappa shape index (κ2) is 4.46. The maximum absolute atomic E-state index is 6.55. The van der Waals surface area contributed by atoms with Crippen molar-refractivity contribution in [1.82, 2.24) is 4.98 Å². The van der Waals surface area contributed by atoms with E-state index in [1.54, 1.807) is 11.3 Å². The van der Waals surface area contributed by atoms with Crippen LogP contribution in [0, 0.1) is 5.41 Å². The van der Waals surface area contributed by atoms with E-state index in [-0.39, 0.29) is 5.54 Å². The monoisotopic (exact) mass is 238 g/mol. The van der Waals surface area contributed by atoms with Crippen molar-refractivity contribution in [3.63, 3.8) is 0 Å². The molecule has 0 saturated heterocycles. The Hall–Kier alpha value is -0.410. The van der Waals surface area contributed by atoms with Crippen LogP contribution >= 0.6 is 11.3 Å². The summed E-state index contributed by atoms with van der Waals surface area (Å²) in [6, 6.07) is 0. The first-order chi connectivity index (χ1) is 7.49. The summed E-state index contributed by atoms with van der Waals surface area (Å²) in [4.78, 5) is 5.47. The second-order valence-electron chi connectivity index (χ2n) is 6.02. The molecule has 0 bridgehead atoms. The number of nitrogens with two attached hydrogens (primary N) is 1. The maximum atomic E-state index is 6.55. The van der Waals surface area contributed by atoms with Gasteiger partial charge < -0.3 is 5.73 Å². The average molecular weight is 238 g/mol. The predicted octanol–water partition coefficient (Wildman–Crippen LogP) is 3.37. The van der Waals surface area contributed by atoms with E-state index in [0.717, 1.165) is 19.3 Å². The second-order valence-corrected chi connectivity index (χ2v) is 7.00. The Morgan fingerprint density at radius 3 is 2.81 bits per heavy atom. The zero-order valence-electron chi connectivity index (χ0n) is 10.3. The van der Waals surface area contributed by atoms with E-state index >= 15 is 0 Å². The average Bonchev–Trinajstić information content (AvgIpc) is 2.63. The Balaban J connectivity index is 2.02. The summed E-state index contributed by atoms with van der Waals surface area (Å²) in [6.45, 7) is 4.73. The first-order valence-electron chi connectivity index (χ1n) is 6.15. The van der Waals surface area contributed by atoms with Crippen molar-refractivity contribution in [3.8, 4) is 0 Å². The van der Waals surface area contributed by atoms with E-state index in [1.807, 2.05) is 11.7 Å². The highest BCUT2D eigenvalue weighted by Gasteiger charge is 2.32. The van der Waals surface area contributed by atoms with Gasteiger partial charge in [0.05, 0.1) is 5.51 Å². The largest absolute Gasteiger partial charge is 0.325 e. The van der Waals surface area contributed by atoms with Gasteiger partial charge in [0.15, 0.2) is 0 Å². The van der Waals surface area contributed by atoms with Crippen molar-refractivity contribution < 1.29 is 0 Å². The molecule has 1 aromatic rings. The van der Waals surface area contributed by atoms with Crippen molar-refractivity contribution in [2.45, 2.75) is 57.9 Å². The van der Waals surface area contributed by atoms with Gasteiger partial charge in [-0.05, 0) is 31.1 Å². The molecule has 0 aromatic carbocycles. The molecular formula is C13H22N2S. The fraction of sp³-hybridized carbons (Fsp3) is 0.769. The van der Waals surface area contributed by atoms with Crippen molar-refractivity contribution in [2.75, 3.05) is 0 Å².